The zero-order chi connectivity index (χ0) is 16.2. The maximum Gasteiger partial charge on any atom is 0.320 e. The van der Waals surface area contributed by atoms with Gasteiger partial charge >= 0.3 is 6.03 Å². The summed E-state index contributed by atoms with van der Waals surface area (Å²) in [7, 11) is 0. The first-order valence-electron chi connectivity index (χ1n) is 6.52. The third-order valence-electron chi connectivity index (χ3n) is 3.03. The van der Waals surface area contributed by atoms with Gasteiger partial charge in [-0.05, 0) is 36.8 Å². The van der Waals surface area contributed by atoms with E-state index in [0.29, 0.717) is 5.56 Å². The highest BCUT2D eigenvalue weighted by Crippen LogP contribution is 2.19. The van der Waals surface area contributed by atoms with Crippen LogP contribution in [0, 0.1) is 11.6 Å². The first kappa shape index (κ1) is 15.8. The van der Waals surface area contributed by atoms with Crippen molar-refractivity contribution in [1.29, 1.82) is 0 Å². The molecule has 0 aliphatic carbocycles. The van der Waals surface area contributed by atoms with Crippen LogP contribution in [0.4, 0.5) is 19.4 Å². The van der Waals surface area contributed by atoms with E-state index in [9.17, 15) is 18.7 Å². The van der Waals surface area contributed by atoms with Crippen LogP contribution in [0.3, 0.4) is 0 Å². The summed E-state index contributed by atoms with van der Waals surface area (Å²) in [6, 6.07) is 7.22. The molecule has 7 heteroatoms. The maximum atomic E-state index is 12.9. The zero-order valence-corrected chi connectivity index (χ0v) is 11.8. The lowest BCUT2D eigenvalue weighted by molar-refractivity contribution is 0.0599. The molecule has 2 amide bonds. The van der Waals surface area contributed by atoms with Crippen LogP contribution >= 0.6 is 0 Å². The van der Waals surface area contributed by atoms with Crippen molar-refractivity contribution in [3.05, 3.63) is 59.8 Å². The number of anilines is 1. The van der Waals surface area contributed by atoms with Gasteiger partial charge in [0.1, 0.15) is 23.1 Å². The van der Waals surface area contributed by atoms with E-state index in [1.54, 1.807) is 0 Å². The fourth-order valence-electron chi connectivity index (χ4n) is 1.77. The quantitative estimate of drug-likeness (QED) is 0.812. The molecule has 1 atom stereocenters. The number of carbonyl (C=O) groups excluding carboxylic acids is 1. The van der Waals surface area contributed by atoms with Crippen molar-refractivity contribution >= 4 is 11.8 Å². The lowest BCUT2D eigenvalue weighted by Gasteiger charge is -2.24. The summed E-state index contributed by atoms with van der Waals surface area (Å²) in [4.78, 5) is 15.4. The molecule has 1 aromatic heterocycles. The predicted molar refractivity (Wildman–Crippen MR) is 77.2 cm³/mol. The number of hydrogen-bond acceptors (Lipinski definition) is 3. The van der Waals surface area contributed by atoms with Gasteiger partial charge in [0.15, 0.2) is 0 Å². The monoisotopic (exact) mass is 307 g/mol. The number of urea groups is 1. The number of nitrogens with zero attached hydrogens (tertiary/aromatic N) is 1. The Balaban J connectivity index is 1.92. The molecule has 0 spiro atoms. The summed E-state index contributed by atoms with van der Waals surface area (Å²) in [5, 5.41) is 15.2. The minimum Gasteiger partial charge on any atom is -0.384 e. The van der Waals surface area contributed by atoms with E-state index < -0.39 is 23.3 Å². The minimum absolute atomic E-state index is 0.0916. The Kier molecular flexibility index (Phi) is 4.67. The minimum atomic E-state index is -1.36. The fourth-order valence-corrected chi connectivity index (χ4v) is 1.77. The van der Waals surface area contributed by atoms with Crippen LogP contribution in [0.15, 0.2) is 42.6 Å². The average Bonchev–Trinajstić information content (AvgIpc) is 2.48. The highest BCUT2D eigenvalue weighted by molar-refractivity contribution is 5.88. The van der Waals surface area contributed by atoms with Gasteiger partial charge in [-0.2, -0.15) is 0 Å². The lowest BCUT2D eigenvalue weighted by atomic mass is 9.96. The van der Waals surface area contributed by atoms with Gasteiger partial charge in [-0.15, -0.1) is 0 Å². The van der Waals surface area contributed by atoms with Gasteiger partial charge in [0.25, 0.3) is 0 Å². The summed E-state index contributed by atoms with van der Waals surface area (Å²) in [6.45, 7) is 1.41. The molecule has 2 aromatic rings. The molecule has 22 heavy (non-hydrogen) atoms. The summed E-state index contributed by atoms with van der Waals surface area (Å²) >= 11 is 0. The number of carbonyl (C=O) groups is 1. The molecule has 1 aromatic carbocycles. The molecule has 0 saturated carbocycles. The Labute approximate surface area is 126 Å². The Morgan fingerprint density at radius 3 is 2.41 bits per heavy atom. The Hall–Kier alpha value is -2.54. The molecule has 0 bridgehead atoms. The number of aliphatic hydroxyl groups is 1. The van der Waals surface area contributed by atoms with Gasteiger partial charge in [-0.1, -0.05) is 12.1 Å². The summed E-state index contributed by atoms with van der Waals surface area (Å²) < 4.78 is 25.6. The Morgan fingerprint density at radius 2 is 1.82 bits per heavy atom. The van der Waals surface area contributed by atoms with E-state index in [0.717, 1.165) is 12.3 Å². The molecular weight excluding hydrogens is 292 g/mol. The number of pyridine rings is 1. The Bertz CT molecular complexity index is 643. The Morgan fingerprint density at radius 1 is 1.18 bits per heavy atom. The van der Waals surface area contributed by atoms with Crippen molar-refractivity contribution in [2.75, 3.05) is 11.9 Å². The topological polar surface area (TPSA) is 74.2 Å². The van der Waals surface area contributed by atoms with Crippen molar-refractivity contribution in [3.63, 3.8) is 0 Å². The van der Waals surface area contributed by atoms with E-state index >= 15 is 0 Å². The first-order valence-corrected chi connectivity index (χ1v) is 6.52. The maximum absolute atomic E-state index is 12.9. The standard InChI is InChI=1S/C15H15F2N3O2/c1-15(22,10-2-4-11(16)5-3-10)9-19-14(21)20-13-7-6-12(17)8-18-13/h2-8,22H,9H2,1H3,(H2,18,19,20,21)/t15-/m0/s1. The second-order valence-electron chi connectivity index (χ2n) is 4.95. The average molecular weight is 307 g/mol. The van der Waals surface area contributed by atoms with Gasteiger partial charge < -0.3 is 10.4 Å². The predicted octanol–water partition coefficient (Wildman–Crippen LogP) is 2.39. The highest BCUT2D eigenvalue weighted by Gasteiger charge is 2.23. The largest absolute Gasteiger partial charge is 0.384 e. The number of nitrogens with one attached hydrogen (secondary N) is 2. The van der Waals surface area contributed by atoms with E-state index in [1.165, 1.54) is 37.3 Å². The van der Waals surface area contributed by atoms with Gasteiger partial charge in [-0.3, -0.25) is 5.32 Å². The molecule has 1 heterocycles. The normalized spacial score (nSPS) is 13.3. The van der Waals surface area contributed by atoms with E-state index in [1.807, 2.05) is 0 Å². The third-order valence-corrected chi connectivity index (χ3v) is 3.03. The molecule has 5 nitrogen and oxygen atoms in total. The molecular formula is C15H15F2N3O2. The van der Waals surface area contributed by atoms with Gasteiger partial charge in [0.2, 0.25) is 0 Å². The number of benzene rings is 1. The number of halogens is 2. The van der Waals surface area contributed by atoms with Crippen LogP contribution in [0.2, 0.25) is 0 Å². The molecule has 2 rings (SSSR count). The number of rotatable bonds is 4. The molecule has 0 aliphatic heterocycles. The van der Waals surface area contributed by atoms with Crippen molar-refractivity contribution in [2.24, 2.45) is 0 Å². The van der Waals surface area contributed by atoms with E-state index in [4.69, 9.17) is 0 Å². The number of hydrogen-bond donors (Lipinski definition) is 3. The van der Waals surface area contributed by atoms with Crippen molar-refractivity contribution in [3.8, 4) is 0 Å². The van der Waals surface area contributed by atoms with Crippen molar-refractivity contribution < 1.29 is 18.7 Å². The van der Waals surface area contributed by atoms with Crippen LogP contribution in [-0.4, -0.2) is 22.7 Å². The van der Waals surface area contributed by atoms with Crippen molar-refractivity contribution in [1.82, 2.24) is 10.3 Å². The van der Waals surface area contributed by atoms with Crippen LogP contribution in [0.1, 0.15) is 12.5 Å². The molecule has 116 valence electrons. The van der Waals surface area contributed by atoms with E-state index in [-0.39, 0.29) is 12.4 Å². The molecule has 0 saturated heterocycles. The van der Waals surface area contributed by atoms with E-state index in [2.05, 4.69) is 15.6 Å². The number of amides is 2. The van der Waals surface area contributed by atoms with Gasteiger partial charge in [-0.25, -0.2) is 18.6 Å². The van der Waals surface area contributed by atoms with Crippen molar-refractivity contribution in [2.45, 2.75) is 12.5 Å². The van der Waals surface area contributed by atoms with Crippen LogP contribution in [-0.2, 0) is 5.60 Å². The molecule has 0 radical (unpaired) electrons. The smallest absolute Gasteiger partial charge is 0.320 e. The first-order chi connectivity index (χ1) is 10.4. The fraction of sp³-hybridized carbons (Fsp3) is 0.200. The summed E-state index contributed by atoms with van der Waals surface area (Å²) in [5.41, 5.74) is -0.893. The second kappa shape index (κ2) is 6.48. The third kappa shape index (κ3) is 4.23. The van der Waals surface area contributed by atoms with Gasteiger partial charge in [0.05, 0.1) is 12.7 Å². The summed E-state index contributed by atoms with van der Waals surface area (Å²) in [5.74, 6) is -0.738. The summed E-state index contributed by atoms with van der Waals surface area (Å²) in [6.07, 6.45) is 0.976. The highest BCUT2D eigenvalue weighted by atomic mass is 19.1. The molecule has 3 N–H and O–H groups in total. The molecule has 0 unspecified atom stereocenters. The van der Waals surface area contributed by atoms with Crippen LogP contribution < -0.4 is 10.6 Å². The lowest BCUT2D eigenvalue weighted by Crippen LogP contribution is -2.40. The second-order valence-corrected chi connectivity index (χ2v) is 4.95. The zero-order valence-electron chi connectivity index (χ0n) is 11.8. The number of aromatic nitrogens is 1. The molecule has 0 fully saturated rings. The van der Waals surface area contributed by atoms with Crippen LogP contribution in [0.5, 0.6) is 0 Å². The van der Waals surface area contributed by atoms with Crippen LogP contribution in [0.25, 0.3) is 0 Å². The molecule has 0 aliphatic rings. The van der Waals surface area contributed by atoms with Gasteiger partial charge in [0, 0.05) is 0 Å². The SMILES string of the molecule is C[C@](O)(CNC(=O)Nc1ccc(F)cn1)c1ccc(F)cc1.